The summed E-state index contributed by atoms with van der Waals surface area (Å²) < 4.78 is 69.4. The molecule has 0 aliphatic carbocycles. The number of carbonyl (C=O) groups excluding carboxylic acids is 2. The molecule has 0 spiro atoms. The maximum atomic E-state index is 14.0. The van der Waals surface area contributed by atoms with Crippen molar-refractivity contribution in [3.8, 4) is 10.4 Å². The first-order chi connectivity index (χ1) is 16.5. The number of aromatic nitrogens is 2. The molecule has 2 aromatic rings. The molecular weight excluding hydrogens is 505 g/mol. The van der Waals surface area contributed by atoms with Crippen LogP contribution < -0.4 is 11.1 Å². The van der Waals surface area contributed by atoms with E-state index in [1.54, 1.807) is 0 Å². The van der Waals surface area contributed by atoms with Gasteiger partial charge in [-0.15, -0.1) is 11.3 Å². The van der Waals surface area contributed by atoms with Crippen molar-refractivity contribution in [2.24, 2.45) is 5.41 Å². The van der Waals surface area contributed by atoms with Crippen LogP contribution in [0, 0.1) is 5.41 Å². The smallest absolute Gasteiger partial charge is 0.384 e. The number of nitrogens with two attached hydrogens (primary N) is 1. The number of nitrogens with one attached hydrogen (secondary N) is 1. The van der Waals surface area contributed by atoms with Gasteiger partial charge in [-0.3, -0.25) is 9.59 Å². The highest BCUT2D eigenvalue weighted by Crippen LogP contribution is 2.42. The SMILES string of the molecule is CCC(C)(C)CCNC(=O)c1nc(C(=O)N2CC(F)(F)C[C@@H]2C)c(-c2cnc(N)cc2C(F)(F)F)s1. The predicted octanol–water partition coefficient (Wildman–Crippen LogP) is 5.23. The number of halogens is 5. The Hall–Kier alpha value is -2.83. The quantitative estimate of drug-likeness (QED) is 0.475. The van der Waals surface area contributed by atoms with Crippen molar-refractivity contribution in [1.82, 2.24) is 20.2 Å². The second kappa shape index (κ2) is 9.91. The number of hydrogen-bond acceptors (Lipinski definition) is 6. The van der Waals surface area contributed by atoms with Crippen LogP contribution in [0.15, 0.2) is 12.3 Å². The molecule has 1 aliphatic rings. The van der Waals surface area contributed by atoms with Crippen LogP contribution in [0.2, 0.25) is 0 Å². The molecule has 3 N–H and O–H groups in total. The third kappa shape index (κ3) is 6.11. The molecule has 0 saturated carbocycles. The summed E-state index contributed by atoms with van der Waals surface area (Å²) in [7, 11) is 0. The van der Waals surface area contributed by atoms with Gasteiger partial charge in [-0.05, 0) is 24.8 Å². The van der Waals surface area contributed by atoms with Gasteiger partial charge in [-0.2, -0.15) is 13.2 Å². The summed E-state index contributed by atoms with van der Waals surface area (Å²) in [5.74, 6) is -5.20. The number of amides is 2. The third-order valence-electron chi connectivity index (χ3n) is 6.33. The summed E-state index contributed by atoms with van der Waals surface area (Å²) in [6.07, 6.45) is -3.10. The Morgan fingerprint density at radius 2 is 1.97 bits per heavy atom. The number of anilines is 1. The van der Waals surface area contributed by atoms with Gasteiger partial charge in [0.15, 0.2) is 5.01 Å². The lowest BCUT2D eigenvalue weighted by Crippen LogP contribution is -2.36. The average molecular weight is 534 g/mol. The normalized spacial score (nSPS) is 17.9. The van der Waals surface area contributed by atoms with Gasteiger partial charge in [-0.25, -0.2) is 18.7 Å². The van der Waals surface area contributed by atoms with E-state index in [-0.39, 0.29) is 21.8 Å². The zero-order valence-corrected chi connectivity index (χ0v) is 21.1. The molecule has 13 heteroatoms. The molecule has 3 heterocycles. The van der Waals surface area contributed by atoms with Gasteiger partial charge in [0.25, 0.3) is 17.7 Å². The van der Waals surface area contributed by atoms with Gasteiger partial charge >= 0.3 is 6.18 Å². The zero-order chi connectivity index (χ0) is 27.1. The summed E-state index contributed by atoms with van der Waals surface area (Å²) in [4.78, 5) is 34.4. The summed E-state index contributed by atoms with van der Waals surface area (Å²) in [5.41, 5.74) is 3.21. The second-order valence-corrected chi connectivity index (χ2v) is 10.7. The van der Waals surface area contributed by atoms with Crippen LogP contribution in [0.1, 0.15) is 72.8 Å². The third-order valence-corrected chi connectivity index (χ3v) is 7.42. The molecule has 0 bridgehead atoms. The number of nitrogens with zero attached hydrogens (tertiary/aromatic N) is 3. The molecular formula is C23H28F5N5O2S. The van der Waals surface area contributed by atoms with E-state index in [1.165, 1.54) is 6.92 Å². The van der Waals surface area contributed by atoms with Gasteiger partial charge in [0.05, 0.1) is 17.0 Å². The Morgan fingerprint density at radius 1 is 1.31 bits per heavy atom. The van der Waals surface area contributed by atoms with E-state index >= 15 is 0 Å². The lowest BCUT2D eigenvalue weighted by atomic mass is 9.87. The summed E-state index contributed by atoms with van der Waals surface area (Å²) in [5, 5.41) is 2.41. The fourth-order valence-corrected chi connectivity index (χ4v) is 4.82. The van der Waals surface area contributed by atoms with Crippen molar-refractivity contribution >= 4 is 29.0 Å². The van der Waals surface area contributed by atoms with E-state index in [0.717, 1.165) is 17.5 Å². The first-order valence-electron chi connectivity index (χ1n) is 11.4. The number of thiazole rings is 1. The molecule has 0 radical (unpaired) electrons. The van der Waals surface area contributed by atoms with Crippen LogP contribution in [0.5, 0.6) is 0 Å². The molecule has 1 saturated heterocycles. The van der Waals surface area contributed by atoms with E-state index in [2.05, 4.69) is 15.3 Å². The molecule has 36 heavy (non-hydrogen) atoms. The Bertz CT molecular complexity index is 1150. The largest absolute Gasteiger partial charge is 0.417 e. The highest BCUT2D eigenvalue weighted by Gasteiger charge is 2.46. The van der Waals surface area contributed by atoms with Gasteiger partial charge in [0, 0.05) is 30.8 Å². The Morgan fingerprint density at radius 3 is 2.53 bits per heavy atom. The molecule has 198 valence electrons. The van der Waals surface area contributed by atoms with E-state index < -0.39 is 65.6 Å². The minimum absolute atomic E-state index is 0.0448. The van der Waals surface area contributed by atoms with Crippen molar-refractivity contribution in [2.75, 3.05) is 18.8 Å². The van der Waals surface area contributed by atoms with E-state index in [9.17, 15) is 31.5 Å². The minimum atomic E-state index is -4.86. The average Bonchev–Trinajstić information content (AvgIpc) is 3.32. The van der Waals surface area contributed by atoms with Crippen LogP contribution in [0.25, 0.3) is 10.4 Å². The van der Waals surface area contributed by atoms with Crippen molar-refractivity contribution < 1.29 is 31.5 Å². The van der Waals surface area contributed by atoms with Gasteiger partial charge in [0.2, 0.25) is 0 Å². The number of likely N-dealkylation sites (tertiary alicyclic amines) is 1. The number of hydrogen-bond donors (Lipinski definition) is 2. The fourth-order valence-electron chi connectivity index (χ4n) is 3.82. The number of nitrogen functional groups attached to an aromatic ring is 1. The first-order valence-corrected chi connectivity index (χ1v) is 12.2. The van der Waals surface area contributed by atoms with Crippen LogP contribution in [0.3, 0.4) is 0 Å². The van der Waals surface area contributed by atoms with Gasteiger partial charge in [0.1, 0.15) is 11.5 Å². The highest BCUT2D eigenvalue weighted by molar-refractivity contribution is 7.17. The topological polar surface area (TPSA) is 101 Å². The van der Waals surface area contributed by atoms with Gasteiger partial charge < -0.3 is 16.0 Å². The molecule has 1 aliphatic heterocycles. The highest BCUT2D eigenvalue weighted by atomic mass is 32.1. The summed E-state index contributed by atoms with van der Waals surface area (Å²) in [6, 6.07) is -0.259. The standard InChI is InChI=1S/C23H28F5N5O2S/c1-5-21(3,4)6-7-30-18(34)19-32-16(20(35)33-11-22(24,25)9-12(33)2)17(36-19)13-10-31-15(29)8-14(13)23(26,27)28/h8,10,12H,5-7,9,11H2,1-4H3,(H2,29,31)(H,30,34)/t12-/m0/s1. The molecule has 2 amide bonds. The molecule has 0 unspecified atom stereocenters. The molecule has 7 nitrogen and oxygen atoms in total. The Balaban J connectivity index is 2.05. The number of pyridine rings is 1. The molecule has 2 aromatic heterocycles. The van der Waals surface area contributed by atoms with Crippen molar-refractivity contribution in [2.45, 2.75) is 65.1 Å². The van der Waals surface area contributed by atoms with Crippen LogP contribution >= 0.6 is 11.3 Å². The van der Waals surface area contributed by atoms with Crippen molar-refractivity contribution in [3.63, 3.8) is 0 Å². The minimum Gasteiger partial charge on any atom is -0.384 e. The Kier molecular flexibility index (Phi) is 7.64. The molecule has 1 fully saturated rings. The number of rotatable bonds is 7. The monoisotopic (exact) mass is 533 g/mol. The summed E-state index contributed by atoms with van der Waals surface area (Å²) in [6.45, 7) is 6.86. The summed E-state index contributed by atoms with van der Waals surface area (Å²) >= 11 is 0.570. The fraction of sp³-hybridized carbons (Fsp3) is 0.565. The molecule has 3 rings (SSSR count). The maximum absolute atomic E-state index is 14.0. The lowest BCUT2D eigenvalue weighted by molar-refractivity contribution is -0.137. The van der Waals surface area contributed by atoms with Gasteiger partial charge in [-0.1, -0.05) is 27.2 Å². The van der Waals surface area contributed by atoms with Crippen LogP contribution in [-0.2, 0) is 6.18 Å². The van der Waals surface area contributed by atoms with Crippen molar-refractivity contribution in [1.29, 1.82) is 0 Å². The second-order valence-electron chi connectivity index (χ2n) is 9.72. The van der Waals surface area contributed by atoms with E-state index in [4.69, 9.17) is 5.73 Å². The van der Waals surface area contributed by atoms with Crippen LogP contribution in [-0.4, -0.2) is 51.7 Å². The van der Waals surface area contributed by atoms with E-state index in [0.29, 0.717) is 23.8 Å². The molecule has 1 atom stereocenters. The maximum Gasteiger partial charge on any atom is 0.417 e. The van der Waals surface area contributed by atoms with E-state index in [1.807, 2.05) is 20.8 Å². The van der Waals surface area contributed by atoms with Crippen molar-refractivity contribution in [3.05, 3.63) is 28.5 Å². The first kappa shape index (κ1) is 27.8. The number of carbonyl (C=O) groups is 2. The van der Waals surface area contributed by atoms with Crippen LogP contribution in [0.4, 0.5) is 27.8 Å². The zero-order valence-electron chi connectivity index (χ0n) is 20.3. The lowest BCUT2D eigenvalue weighted by Gasteiger charge is -2.22. The molecule has 0 aromatic carbocycles. The Labute approximate surface area is 209 Å². The number of alkyl halides is 5. The predicted molar refractivity (Wildman–Crippen MR) is 126 cm³/mol.